The number of thiophene rings is 1. The van der Waals surface area contributed by atoms with Crippen LogP contribution in [0.15, 0.2) is 35.4 Å². The van der Waals surface area contributed by atoms with Gasteiger partial charge >= 0.3 is 0 Å². The lowest BCUT2D eigenvalue weighted by molar-refractivity contribution is 0.103. The van der Waals surface area contributed by atoms with Crippen LogP contribution in [0, 0.1) is 6.92 Å². The number of carbonyl (C=O) groups is 1. The molecule has 0 unspecified atom stereocenters. The van der Waals surface area contributed by atoms with Gasteiger partial charge in [0.1, 0.15) is 4.83 Å². The Morgan fingerprint density at radius 1 is 1.13 bits per heavy atom. The van der Waals surface area contributed by atoms with E-state index in [0.29, 0.717) is 27.2 Å². The molecule has 1 amide bonds. The van der Waals surface area contributed by atoms with Crippen molar-refractivity contribution < 1.29 is 4.79 Å². The minimum atomic E-state index is -0.196. The maximum absolute atomic E-state index is 12.9. The van der Waals surface area contributed by atoms with Gasteiger partial charge < -0.3 is 5.32 Å². The highest BCUT2D eigenvalue weighted by molar-refractivity contribution is 7.20. The van der Waals surface area contributed by atoms with Gasteiger partial charge in [-0.15, -0.1) is 11.3 Å². The van der Waals surface area contributed by atoms with Crippen LogP contribution >= 0.6 is 11.3 Å². The topological polar surface area (TPSA) is 67.2 Å². The van der Waals surface area contributed by atoms with Crippen LogP contribution < -0.4 is 10.9 Å². The second-order valence-corrected chi connectivity index (χ2v) is 8.91. The molecule has 3 heterocycles. The molecule has 7 heteroatoms. The Hall–Kier alpha value is -2.51. The third kappa shape index (κ3) is 4.32. The fourth-order valence-electron chi connectivity index (χ4n) is 4.03. The highest BCUT2D eigenvalue weighted by Gasteiger charge is 2.19. The fourth-order valence-corrected chi connectivity index (χ4v) is 5.07. The van der Waals surface area contributed by atoms with Gasteiger partial charge in [0.2, 0.25) is 0 Å². The van der Waals surface area contributed by atoms with Crippen molar-refractivity contribution in [2.75, 3.05) is 18.4 Å². The van der Waals surface area contributed by atoms with Crippen LogP contribution in [0.5, 0.6) is 0 Å². The minimum absolute atomic E-state index is 0.0897. The summed E-state index contributed by atoms with van der Waals surface area (Å²) in [5.74, 6) is -0.196. The first-order valence-electron chi connectivity index (χ1n) is 10.7. The molecule has 3 aromatic rings. The Bertz CT molecular complexity index is 1090. The van der Waals surface area contributed by atoms with Gasteiger partial charge in [0.05, 0.1) is 16.6 Å². The van der Waals surface area contributed by atoms with Crippen LogP contribution in [0.4, 0.5) is 5.69 Å². The number of aromatic nitrogens is 2. The molecule has 4 rings (SSSR count). The van der Waals surface area contributed by atoms with Gasteiger partial charge in [-0.3, -0.25) is 19.1 Å². The number of hydrogen-bond acceptors (Lipinski definition) is 5. The van der Waals surface area contributed by atoms with E-state index in [2.05, 4.69) is 27.3 Å². The molecule has 1 aliphatic heterocycles. The summed E-state index contributed by atoms with van der Waals surface area (Å²) in [6, 6.07) is 8.07. The first kappa shape index (κ1) is 20.8. The number of hydrogen-bond donors (Lipinski definition) is 1. The molecule has 0 aliphatic carbocycles. The third-order valence-electron chi connectivity index (χ3n) is 5.78. The Balaban J connectivity index is 1.48. The van der Waals surface area contributed by atoms with E-state index in [1.165, 1.54) is 42.6 Å². The number of anilines is 1. The van der Waals surface area contributed by atoms with Gasteiger partial charge in [-0.25, -0.2) is 4.98 Å². The van der Waals surface area contributed by atoms with Gasteiger partial charge in [0.25, 0.3) is 11.5 Å². The molecule has 0 radical (unpaired) electrons. The Morgan fingerprint density at radius 3 is 2.50 bits per heavy atom. The lowest BCUT2D eigenvalue weighted by Gasteiger charge is -2.19. The second-order valence-electron chi connectivity index (χ2n) is 7.91. The van der Waals surface area contributed by atoms with Crippen molar-refractivity contribution in [3.63, 3.8) is 0 Å². The van der Waals surface area contributed by atoms with Crippen LogP contribution in [0.1, 0.15) is 53.4 Å². The predicted molar refractivity (Wildman–Crippen MR) is 122 cm³/mol. The normalized spacial score (nSPS) is 15.3. The molecule has 1 N–H and O–H groups in total. The lowest BCUT2D eigenvalue weighted by atomic mass is 10.1. The van der Waals surface area contributed by atoms with E-state index in [1.54, 1.807) is 10.9 Å². The number of rotatable bonds is 5. The molecule has 0 bridgehead atoms. The maximum Gasteiger partial charge on any atom is 0.266 e. The average Bonchev–Trinajstić information content (AvgIpc) is 2.90. The van der Waals surface area contributed by atoms with Crippen molar-refractivity contribution in [3.8, 4) is 0 Å². The molecule has 1 fully saturated rings. The zero-order valence-corrected chi connectivity index (χ0v) is 18.4. The molecule has 0 spiro atoms. The van der Waals surface area contributed by atoms with Crippen molar-refractivity contribution in [3.05, 3.63) is 57.0 Å². The smallest absolute Gasteiger partial charge is 0.266 e. The second kappa shape index (κ2) is 9.10. The zero-order valence-electron chi connectivity index (χ0n) is 17.6. The van der Waals surface area contributed by atoms with Crippen LogP contribution in [0.25, 0.3) is 10.2 Å². The Kier molecular flexibility index (Phi) is 6.29. The van der Waals surface area contributed by atoms with E-state index in [0.717, 1.165) is 25.3 Å². The first-order chi connectivity index (χ1) is 14.6. The highest BCUT2D eigenvalue weighted by atomic mass is 32.1. The van der Waals surface area contributed by atoms with E-state index >= 15 is 0 Å². The molecule has 30 heavy (non-hydrogen) atoms. The van der Waals surface area contributed by atoms with Crippen LogP contribution in [0.3, 0.4) is 0 Å². The predicted octanol–water partition coefficient (Wildman–Crippen LogP) is 4.41. The summed E-state index contributed by atoms with van der Waals surface area (Å²) in [6.45, 7) is 7.57. The Morgan fingerprint density at radius 2 is 1.83 bits per heavy atom. The minimum Gasteiger partial charge on any atom is -0.321 e. The molecule has 6 nitrogen and oxygen atoms in total. The summed E-state index contributed by atoms with van der Waals surface area (Å²) in [4.78, 5) is 33.5. The maximum atomic E-state index is 12.9. The molecule has 1 aliphatic rings. The van der Waals surface area contributed by atoms with Gasteiger partial charge in [0.15, 0.2) is 0 Å². The summed E-state index contributed by atoms with van der Waals surface area (Å²) in [6.07, 6.45) is 6.77. The molecule has 158 valence electrons. The van der Waals surface area contributed by atoms with Gasteiger partial charge in [-0.1, -0.05) is 25.0 Å². The fraction of sp³-hybridized carbons (Fsp3) is 0.435. The lowest BCUT2D eigenvalue weighted by Crippen LogP contribution is -2.23. The van der Waals surface area contributed by atoms with Crippen molar-refractivity contribution >= 4 is 33.1 Å². The number of benzene rings is 1. The van der Waals surface area contributed by atoms with Crippen LogP contribution in [-0.4, -0.2) is 33.4 Å². The number of likely N-dealkylation sites (tertiary alicyclic amines) is 1. The molecule has 0 saturated carbocycles. The third-order valence-corrected chi connectivity index (χ3v) is 6.98. The largest absolute Gasteiger partial charge is 0.321 e. The van der Waals surface area contributed by atoms with Gasteiger partial charge in [-0.05, 0) is 63.0 Å². The van der Waals surface area contributed by atoms with Crippen LogP contribution in [0.2, 0.25) is 0 Å². The van der Waals surface area contributed by atoms with Crippen molar-refractivity contribution in [2.24, 2.45) is 0 Å². The van der Waals surface area contributed by atoms with E-state index in [9.17, 15) is 9.59 Å². The number of aryl methyl sites for hydroxylation is 2. The quantitative estimate of drug-likeness (QED) is 0.659. The van der Waals surface area contributed by atoms with Gasteiger partial charge in [0, 0.05) is 18.8 Å². The first-order valence-corrected chi connectivity index (χ1v) is 11.5. The van der Waals surface area contributed by atoms with E-state index < -0.39 is 0 Å². The summed E-state index contributed by atoms with van der Waals surface area (Å²) < 4.78 is 1.56. The molecular weight excluding hydrogens is 396 g/mol. The number of amides is 1. The zero-order chi connectivity index (χ0) is 21.1. The monoisotopic (exact) mass is 424 g/mol. The van der Waals surface area contributed by atoms with E-state index in [4.69, 9.17) is 0 Å². The van der Waals surface area contributed by atoms with E-state index in [-0.39, 0.29) is 11.5 Å². The number of nitrogens with zero attached hydrogens (tertiary/aromatic N) is 3. The molecule has 1 saturated heterocycles. The average molecular weight is 425 g/mol. The Labute approximate surface area is 180 Å². The summed E-state index contributed by atoms with van der Waals surface area (Å²) in [7, 11) is 0. The SMILES string of the molecule is CCn1cnc2sc(C(=O)Nc3ccc(CN4CCCCCC4)cc3)c(C)c2c1=O. The van der Waals surface area contributed by atoms with E-state index in [1.807, 2.05) is 26.0 Å². The number of nitrogens with one attached hydrogen (secondary N) is 1. The molecule has 1 aromatic carbocycles. The molecular formula is C23H28N4O2S. The number of carbonyl (C=O) groups excluding carboxylic acids is 1. The van der Waals surface area contributed by atoms with Crippen molar-refractivity contribution in [1.82, 2.24) is 14.5 Å². The summed E-state index contributed by atoms with van der Waals surface area (Å²) >= 11 is 1.27. The van der Waals surface area contributed by atoms with Crippen molar-refractivity contribution in [2.45, 2.75) is 52.6 Å². The standard InChI is InChI=1S/C23H28N4O2S/c1-3-27-15-24-22-19(23(27)29)16(2)20(30-22)21(28)25-18-10-8-17(9-11-18)14-26-12-6-4-5-7-13-26/h8-11,15H,3-7,12-14H2,1-2H3,(H,25,28). The van der Waals surface area contributed by atoms with Gasteiger partial charge in [-0.2, -0.15) is 0 Å². The van der Waals surface area contributed by atoms with Crippen LogP contribution in [-0.2, 0) is 13.1 Å². The molecule has 2 aromatic heterocycles. The summed E-state index contributed by atoms with van der Waals surface area (Å²) in [5, 5.41) is 3.51. The molecule has 0 atom stereocenters. The number of fused-ring (bicyclic) bond motifs is 1. The summed E-state index contributed by atoms with van der Waals surface area (Å²) in [5.41, 5.74) is 2.63. The van der Waals surface area contributed by atoms with Crippen molar-refractivity contribution in [1.29, 1.82) is 0 Å². The highest BCUT2D eigenvalue weighted by Crippen LogP contribution is 2.27.